The molecule has 2 aromatic rings. The molecule has 1 N–H and O–H groups in total. The first-order valence-electron chi connectivity index (χ1n) is 11.1. The van der Waals surface area contributed by atoms with Gasteiger partial charge in [-0.05, 0) is 79.0 Å². The van der Waals surface area contributed by atoms with Crippen LogP contribution in [0.25, 0.3) is 0 Å². The van der Waals surface area contributed by atoms with Gasteiger partial charge in [0.25, 0.3) is 5.91 Å². The lowest BCUT2D eigenvalue weighted by atomic mass is 9.91. The van der Waals surface area contributed by atoms with Crippen molar-refractivity contribution in [3.63, 3.8) is 0 Å². The highest BCUT2D eigenvalue weighted by molar-refractivity contribution is 9.10. The third-order valence-corrected chi connectivity index (χ3v) is 9.46. The van der Waals surface area contributed by atoms with Crippen molar-refractivity contribution in [2.45, 2.75) is 55.1 Å². The third-order valence-electron chi connectivity index (χ3n) is 6.57. The predicted octanol–water partition coefficient (Wildman–Crippen LogP) is 4.61. The van der Waals surface area contributed by atoms with E-state index in [2.05, 4.69) is 33.2 Å². The Balaban J connectivity index is 0.00000306. The van der Waals surface area contributed by atoms with Crippen LogP contribution in [0.15, 0.2) is 57.9 Å². The number of carbonyl (C=O) groups excluding carboxylic acids is 1. The quantitative estimate of drug-likeness (QED) is 0.541. The number of hydrogen-bond acceptors (Lipinski definition) is 4. The summed E-state index contributed by atoms with van der Waals surface area (Å²) in [6.07, 6.45) is 5.11. The molecule has 4 rings (SSSR count). The average Bonchev–Trinajstić information content (AvgIpc) is 3.63. The molecule has 0 aromatic heterocycles. The van der Waals surface area contributed by atoms with Gasteiger partial charge in [0.15, 0.2) is 0 Å². The maximum Gasteiger partial charge on any atom is 0.251 e. The van der Waals surface area contributed by atoms with E-state index in [-0.39, 0.29) is 41.3 Å². The molecule has 33 heavy (non-hydrogen) atoms. The minimum atomic E-state index is -3.59. The second-order valence-electron chi connectivity index (χ2n) is 8.80. The molecule has 2 atom stereocenters. The van der Waals surface area contributed by atoms with Gasteiger partial charge in [0, 0.05) is 29.2 Å². The Bertz CT molecular complexity index is 1080. The fraction of sp³-hybridized carbons (Fsp3) is 0.458. The van der Waals surface area contributed by atoms with Gasteiger partial charge >= 0.3 is 0 Å². The molecular weight excluding hydrogens is 526 g/mol. The third kappa shape index (κ3) is 5.80. The molecule has 0 spiro atoms. The number of rotatable bonds is 7. The topological polar surface area (TPSA) is 69.7 Å². The smallest absolute Gasteiger partial charge is 0.251 e. The average molecular weight is 557 g/mol. The number of likely N-dealkylation sites (N-methyl/N-ethyl adjacent to an activating group) is 1. The Morgan fingerprint density at radius 1 is 1.12 bits per heavy atom. The number of nitrogens with zero attached hydrogens (tertiary/aromatic N) is 2. The van der Waals surface area contributed by atoms with E-state index in [4.69, 9.17) is 0 Å². The highest BCUT2D eigenvalue weighted by Crippen LogP contribution is 2.34. The van der Waals surface area contributed by atoms with Crippen molar-refractivity contribution in [2.24, 2.45) is 0 Å². The van der Waals surface area contributed by atoms with Crippen molar-refractivity contribution < 1.29 is 13.2 Å². The molecule has 6 nitrogen and oxygen atoms in total. The van der Waals surface area contributed by atoms with Crippen molar-refractivity contribution in [3.8, 4) is 0 Å². The van der Waals surface area contributed by atoms with E-state index in [1.165, 1.54) is 16.8 Å². The van der Waals surface area contributed by atoms with Crippen LogP contribution in [0.4, 0.5) is 0 Å². The van der Waals surface area contributed by atoms with Crippen LogP contribution in [0.2, 0.25) is 0 Å². The van der Waals surface area contributed by atoms with Crippen molar-refractivity contribution in [1.29, 1.82) is 0 Å². The summed E-state index contributed by atoms with van der Waals surface area (Å²) in [5, 5.41) is 3.22. The summed E-state index contributed by atoms with van der Waals surface area (Å²) in [4.78, 5) is 15.7. The molecule has 0 bridgehead atoms. The van der Waals surface area contributed by atoms with E-state index in [9.17, 15) is 13.2 Å². The zero-order chi connectivity index (χ0) is 22.9. The van der Waals surface area contributed by atoms with Gasteiger partial charge in [-0.25, -0.2) is 8.42 Å². The molecule has 0 radical (unpaired) electrons. The molecule has 2 fully saturated rings. The number of hydrogen-bond donors (Lipinski definition) is 1. The number of likely N-dealkylation sites (tertiary alicyclic amines) is 1. The highest BCUT2D eigenvalue weighted by Gasteiger charge is 2.36. The molecule has 1 saturated carbocycles. The molecule has 2 aliphatic rings. The number of nitrogens with one attached hydrogen (secondary N) is 1. The van der Waals surface area contributed by atoms with E-state index in [0.29, 0.717) is 10.0 Å². The highest BCUT2D eigenvalue weighted by atomic mass is 79.9. The minimum Gasteiger partial charge on any atom is -0.344 e. The largest absolute Gasteiger partial charge is 0.344 e. The summed E-state index contributed by atoms with van der Waals surface area (Å²) in [5.41, 5.74) is 1.51. The van der Waals surface area contributed by atoms with E-state index < -0.39 is 10.0 Å². The number of piperidine rings is 1. The lowest BCUT2D eigenvalue weighted by Crippen LogP contribution is -2.47. The first kappa shape index (κ1) is 26.2. The number of halogens is 2. The maximum absolute atomic E-state index is 13.2. The lowest BCUT2D eigenvalue weighted by molar-refractivity contribution is 0.0870. The second kappa shape index (κ2) is 10.9. The monoisotopic (exact) mass is 555 g/mol. The van der Waals surface area contributed by atoms with Crippen molar-refractivity contribution in [3.05, 3.63) is 64.1 Å². The molecule has 1 aliphatic heterocycles. The van der Waals surface area contributed by atoms with E-state index in [1.54, 1.807) is 19.2 Å². The van der Waals surface area contributed by atoms with E-state index in [0.717, 1.165) is 37.8 Å². The molecule has 180 valence electrons. The molecule has 1 saturated heterocycles. The van der Waals surface area contributed by atoms with E-state index in [1.807, 2.05) is 30.3 Å². The van der Waals surface area contributed by atoms with Crippen LogP contribution in [-0.4, -0.2) is 56.3 Å². The van der Waals surface area contributed by atoms with Gasteiger partial charge in [0.2, 0.25) is 10.0 Å². The van der Waals surface area contributed by atoms with Crippen LogP contribution in [-0.2, 0) is 10.0 Å². The normalized spacial score (nSPS) is 20.2. The lowest BCUT2D eigenvalue weighted by Gasteiger charge is -2.38. The number of benzene rings is 2. The van der Waals surface area contributed by atoms with Crippen LogP contribution in [0.1, 0.15) is 54.1 Å². The van der Waals surface area contributed by atoms with Crippen molar-refractivity contribution in [2.75, 3.05) is 20.6 Å². The van der Waals surface area contributed by atoms with Gasteiger partial charge in [-0.3, -0.25) is 4.79 Å². The standard InChI is InChI=1S/C24H30BrN3O3S.ClH/c1-27-15-7-6-10-21(27)23(17-8-4-3-5-9-17)26-24(29)18-11-14-22(20(25)16-18)32(30,31)28(2)19-12-13-19;/h3-5,8-9,11,14,16,19,21,23H,6-7,10,12-13,15H2,1-2H3,(H,26,29);1H. The van der Waals surface area contributed by atoms with E-state index >= 15 is 0 Å². The summed E-state index contributed by atoms with van der Waals surface area (Å²) in [6, 6.07) is 14.9. The summed E-state index contributed by atoms with van der Waals surface area (Å²) in [6.45, 7) is 1.01. The van der Waals surface area contributed by atoms with Gasteiger partial charge in [0.05, 0.1) is 10.9 Å². The Morgan fingerprint density at radius 3 is 2.42 bits per heavy atom. The molecule has 1 amide bonds. The van der Waals surface area contributed by atoms with Crippen LogP contribution in [0, 0.1) is 0 Å². The van der Waals surface area contributed by atoms with Crippen LogP contribution in [0.3, 0.4) is 0 Å². The first-order chi connectivity index (χ1) is 15.3. The zero-order valence-corrected chi connectivity index (χ0v) is 22.1. The Morgan fingerprint density at radius 2 is 1.82 bits per heavy atom. The van der Waals surface area contributed by atoms with Crippen LogP contribution >= 0.6 is 28.3 Å². The number of sulfonamides is 1. The fourth-order valence-corrected chi connectivity index (χ4v) is 6.90. The predicted molar refractivity (Wildman–Crippen MR) is 136 cm³/mol. The molecular formula is C24H31BrClN3O3S. The Labute approximate surface area is 211 Å². The van der Waals surface area contributed by atoms with Gasteiger partial charge in [0.1, 0.15) is 0 Å². The first-order valence-corrected chi connectivity index (χ1v) is 13.4. The Kier molecular flexibility index (Phi) is 8.61. The van der Waals surface area contributed by atoms with Gasteiger partial charge in [-0.1, -0.05) is 36.8 Å². The fourth-order valence-electron chi connectivity index (χ4n) is 4.45. The number of amides is 1. The molecule has 1 aliphatic carbocycles. The molecule has 9 heteroatoms. The maximum atomic E-state index is 13.2. The Hall–Kier alpha value is -1.45. The number of carbonyl (C=O) groups is 1. The van der Waals surface area contributed by atoms with Crippen molar-refractivity contribution in [1.82, 2.24) is 14.5 Å². The molecule has 2 aromatic carbocycles. The molecule has 2 unspecified atom stereocenters. The zero-order valence-electron chi connectivity index (χ0n) is 18.9. The van der Waals surface area contributed by atoms with Crippen LogP contribution < -0.4 is 5.32 Å². The van der Waals surface area contributed by atoms with Crippen LogP contribution in [0.5, 0.6) is 0 Å². The summed E-state index contributed by atoms with van der Waals surface area (Å²) >= 11 is 3.39. The van der Waals surface area contributed by atoms with Gasteiger partial charge in [-0.2, -0.15) is 4.31 Å². The minimum absolute atomic E-state index is 0. The SMILES string of the molecule is CN1CCCCC1C(NC(=O)c1ccc(S(=O)(=O)N(C)C2CC2)c(Br)c1)c1ccccc1.Cl. The van der Waals surface area contributed by atoms with Gasteiger partial charge in [-0.15, -0.1) is 12.4 Å². The molecule has 1 heterocycles. The summed E-state index contributed by atoms with van der Waals surface area (Å²) < 4.78 is 27.7. The second-order valence-corrected chi connectivity index (χ2v) is 11.6. The summed E-state index contributed by atoms with van der Waals surface area (Å²) in [5.74, 6) is -0.210. The van der Waals surface area contributed by atoms with Crippen molar-refractivity contribution >= 4 is 44.3 Å². The summed E-state index contributed by atoms with van der Waals surface area (Å²) in [7, 11) is 0.135. The van der Waals surface area contributed by atoms with Gasteiger partial charge < -0.3 is 10.2 Å².